The van der Waals surface area contributed by atoms with E-state index < -0.39 is 4.92 Å². The number of nitrogens with two attached hydrogens (primary N) is 1. The Bertz CT molecular complexity index is 483. The second kappa shape index (κ2) is 6.17. The Morgan fingerprint density at radius 2 is 2.32 bits per heavy atom. The number of benzene rings is 1. The summed E-state index contributed by atoms with van der Waals surface area (Å²) in [6.45, 7) is 1.22. The number of nitro benzene ring substituents is 1. The van der Waals surface area contributed by atoms with Crippen molar-refractivity contribution in [2.45, 2.75) is 25.8 Å². The van der Waals surface area contributed by atoms with Crippen LogP contribution in [0, 0.1) is 16.0 Å². The molecule has 0 atom stereocenters. The zero-order valence-corrected chi connectivity index (χ0v) is 10.7. The highest BCUT2D eigenvalue weighted by Gasteiger charge is 2.16. The molecule has 1 aliphatic carbocycles. The van der Waals surface area contributed by atoms with Crippen LogP contribution in [0.1, 0.15) is 24.8 Å². The van der Waals surface area contributed by atoms with Gasteiger partial charge < -0.3 is 11.1 Å². The van der Waals surface area contributed by atoms with Crippen LogP contribution in [0.25, 0.3) is 0 Å². The van der Waals surface area contributed by atoms with Gasteiger partial charge in [-0.2, -0.15) is 0 Å². The summed E-state index contributed by atoms with van der Waals surface area (Å²) in [5.74, 6) is 1.12. The van der Waals surface area contributed by atoms with Crippen LogP contribution in [0.5, 0.6) is 0 Å². The van der Waals surface area contributed by atoms with Gasteiger partial charge in [0.2, 0.25) is 0 Å². The predicted octanol–water partition coefficient (Wildman–Crippen LogP) is 1.80. The van der Waals surface area contributed by atoms with Gasteiger partial charge in [-0.15, -0.1) is 0 Å². The van der Waals surface area contributed by atoms with Gasteiger partial charge in [0.25, 0.3) is 5.69 Å². The van der Waals surface area contributed by atoms with Crippen molar-refractivity contribution in [3.05, 3.63) is 39.9 Å². The van der Waals surface area contributed by atoms with E-state index in [1.807, 2.05) is 0 Å². The van der Waals surface area contributed by atoms with Gasteiger partial charge in [-0.25, -0.2) is 4.99 Å². The Morgan fingerprint density at radius 1 is 1.53 bits per heavy atom. The highest BCUT2D eigenvalue weighted by atomic mass is 16.6. The van der Waals surface area contributed by atoms with Gasteiger partial charge in [0.15, 0.2) is 5.96 Å². The maximum Gasteiger partial charge on any atom is 0.269 e. The summed E-state index contributed by atoms with van der Waals surface area (Å²) in [4.78, 5) is 14.4. The van der Waals surface area contributed by atoms with Gasteiger partial charge >= 0.3 is 0 Å². The van der Waals surface area contributed by atoms with E-state index in [0.29, 0.717) is 18.4 Å². The third-order valence-corrected chi connectivity index (χ3v) is 3.35. The average Bonchev–Trinajstić information content (AvgIpc) is 2.35. The molecule has 0 unspecified atom stereocenters. The first kappa shape index (κ1) is 13.3. The molecule has 1 aromatic rings. The van der Waals surface area contributed by atoms with E-state index in [-0.39, 0.29) is 5.69 Å². The average molecular weight is 262 g/mol. The van der Waals surface area contributed by atoms with E-state index in [1.165, 1.54) is 31.4 Å². The zero-order valence-electron chi connectivity index (χ0n) is 10.7. The third-order valence-electron chi connectivity index (χ3n) is 3.35. The first-order valence-corrected chi connectivity index (χ1v) is 6.42. The van der Waals surface area contributed by atoms with E-state index in [2.05, 4.69) is 10.3 Å². The van der Waals surface area contributed by atoms with E-state index in [9.17, 15) is 10.1 Å². The van der Waals surface area contributed by atoms with Gasteiger partial charge in [-0.05, 0) is 24.3 Å². The lowest BCUT2D eigenvalue weighted by atomic mass is 9.85. The lowest BCUT2D eigenvalue weighted by molar-refractivity contribution is -0.384. The number of non-ortho nitro benzene ring substituents is 1. The lowest BCUT2D eigenvalue weighted by Gasteiger charge is -2.25. The summed E-state index contributed by atoms with van der Waals surface area (Å²) >= 11 is 0. The molecule has 0 saturated heterocycles. The molecule has 6 heteroatoms. The zero-order chi connectivity index (χ0) is 13.7. The molecule has 2 rings (SSSR count). The summed E-state index contributed by atoms with van der Waals surface area (Å²) in [5.41, 5.74) is 6.61. The third kappa shape index (κ3) is 3.94. The van der Waals surface area contributed by atoms with Gasteiger partial charge in [0.05, 0.1) is 11.5 Å². The quantitative estimate of drug-likeness (QED) is 0.366. The number of rotatable bonds is 5. The van der Waals surface area contributed by atoms with E-state index in [0.717, 1.165) is 12.1 Å². The van der Waals surface area contributed by atoms with Crippen LogP contribution in [0.15, 0.2) is 29.3 Å². The van der Waals surface area contributed by atoms with Gasteiger partial charge in [-0.1, -0.05) is 18.6 Å². The SMILES string of the molecule is NC(=NCc1cccc([N+](=O)[O-])c1)NCC1CCC1. The number of aliphatic imine (C=N–C) groups is 1. The number of hydrogen-bond donors (Lipinski definition) is 2. The Hall–Kier alpha value is -2.11. The summed E-state index contributed by atoms with van der Waals surface area (Å²) in [7, 11) is 0. The molecule has 3 N–H and O–H groups in total. The van der Waals surface area contributed by atoms with E-state index in [1.54, 1.807) is 12.1 Å². The van der Waals surface area contributed by atoms with Crippen LogP contribution in [0.2, 0.25) is 0 Å². The fourth-order valence-electron chi connectivity index (χ4n) is 1.95. The lowest BCUT2D eigenvalue weighted by Crippen LogP contribution is -2.37. The molecule has 0 aromatic heterocycles. The number of nitro groups is 1. The summed E-state index contributed by atoms with van der Waals surface area (Å²) < 4.78 is 0. The van der Waals surface area contributed by atoms with E-state index in [4.69, 9.17) is 5.73 Å². The van der Waals surface area contributed by atoms with Crippen molar-refractivity contribution < 1.29 is 4.92 Å². The maximum atomic E-state index is 10.6. The largest absolute Gasteiger partial charge is 0.370 e. The predicted molar refractivity (Wildman–Crippen MR) is 73.8 cm³/mol. The topological polar surface area (TPSA) is 93.5 Å². The second-order valence-corrected chi connectivity index (χ2v) is 4.81. The molecule has 0 heterocycles. The normalized spacial score (nSPS) is 15.9. The Kier molecular flexibility index (Phi) is 4.33. The van der Waals surface area contributed by atoms with Crippen molar-refractivity contribution in [2.75, 3.05) is 6.54 Å². The number of guanidine groups is 1. The molecule has 6 nitrogen and oxygen atoms in total. The summed E-state index contributed by atoms with van der Waals surface area (Å²) in [6.07, 6.45) is 3.81. The molecule has 1 fully saturated rings. The fraction of sp³-hybridized carbons (Fsp3) is 0.462. The molecule has 0 amide bonds. The Balaban J connectivity index is 1.85. The van der Waals surface area contributed by atoms with Crippen molar-refractivity contribution in [2.24, 2.45) is 16.6 Å². The Morgan fingerprint density at radius 3 is 2.95 bits per heavy atom. The molecule has 1 aliphatic rings. The van der Waals surface area contributed by atoms with Gasteiger partial charge in [0, 0.05) is 18.7 Å². The fourth-order valence-corrected chi connectivity index (χ4v) is 1.95. The van der Waals surface area contributed by atoms with Crippen molar-refractivity contribution in [1.29, 1.82) is 0 Å². The number of nitrogens with one attached hydrogen (secondary N) is 1. The number of hydrogen-bond acceptors (Lipinski definition) is 3. The minimum Gasteiger partial charge on any atom is -0.370 e. The van der Waals surface area contributed by atoms with Crippen LogP contribution in [-0.2, 0) is 6.54 Å². The van der Waals surface area contributed by atoms with Crippen LogP contribution >= 0.6 is 0 Å². The first-order chi connectivity index (χ1) is 9.15. The maximum absolute atomic E-state index is 10.6. The van der Waals surface area contributed by atoms with Gasteiger partial charge in [0.1, 0.15) is 0 Å². The molecule has 1 aromatic carbocycles. The molecule has 1 saturated carbocycles. The highest BCUT2D eigenvalue weighted by molar-refractivity contribution is 5.77. The van der Waals surface area contributed by atoms with Crippen molar-refractivity contribution in [3.63, 3.8) is 0 Å². The minimum atomic E-state index is -0.411. The minimum absolute atomic E-state index is 0.0775. The molecule has 0 aliphatic heterocycles. The molecular weight excluding hydrogens is 244 g/mol. The van der Waals surface area contributed by atoms with Crippen LogP contribution in [-0.4, -0.2) is 17.4 Å². The van der Waals surface area contributed by atoms with Crippen molar-refractivity contribution in [3.8, 4) is 0 Å². The number of nitrogens with zero attached hydrogens (tertiary/aromatic N) is 2. The molecule has 102 valence electrons. The molecular formula is C13H18N4O2. The van der Waals surface area contributed by atoms with Crippen LogP contribution in [0.4, 0.5) is 5.69 Å². The van der Waals surface area contributed by atoms with Crippen molar-refractivity contribution in [1.82, 2.24) is 5.32 Å². The van der Waals surface area contributed by atoms with E-state index >= 15 is 0 Å². The second-order valence-electron chi connectivity index (χ2n) is 4.81. The molecule has 0 bridgehead atoms. The van der Waals surface area contributed by atoms with Crippen LogP contribution in [0.3, 0.4) is 0 Å². The highest BCUT2D eigenvalue weighted by Crippen LogP contribution is 2.24. The molecule has 0 spiro atoms. The standard InChI is InChI=1S/C13H18N4O2/c14-13(15-8-10-3-1-4-10)16-9-11-5-2-6-12(7-11)17(18)19/h2,5-7,10H,1,3-4,8-9H2,(H3,14,15,16). The monoisotopic (exact) mass is 262 g/mol. The van der Waals surface area contributed by atoms with Crippen LogP contribution < -0.4 is 11.1 Å². The molecule has 0 radical (unpaired) electrons. The molecule has 19 heavy (non-hydrogen) atoms. The smallest absolute Gasteiger partial charge is 0.269 e. The Labute approximate surface area is 111 Å². The summed E-state index contributed by atoms with van der Waals surface area (Å²) in [5, 5.41) is 13.7. The first-order valence-electron chi connectivity index (χ1n) is 6.42. The summed E-state index contributed by atoms with van der Waals surface area (Å²) in [6, 6.07) is 6.44. The van der Waals surface area contributed by atoms with Gasteiger partial charge in [-0.3, -0.25) is 10.1 Å². The van der Waals surface area contributed by atoms with Crippen molar-refractivity contribution >= 4 is 11.6 Å².